The van der Waals surface area contributed by atoms with Crippen LogP contribution in [0.1, 0.15) is 12.7 Å². The number of fused-ring (bicyclic) bond motifs is 1. The van der Waals surface area contributed by atoms with Gasteiger partial charge in [-0.2, -0.15) is 0 Å². The SMILES string of the molecule is CCOC=CCc1cc(=O)c2ccccc2o1. The van der Waals surface area contributed by atoms with E-state index in [2.05, 4.69) is 0 Å². The van der Waals surface area contributed by atoms with Gasteiger partial charge in [0.1, 0.15) is 11.3 Å². The molecular formula is C14H14O3. The zero-order chi connectivity index (χ0) is 12.1. The van der Waals surface area contributed by atoms with Crippen LogP contribution in [0.15, 0.2) is 51.9 Å². The third-order valence-electron chi connectivity index (χ3n) is 2.36. The van der Waals surface area contributed by atoms with Gasteiger partial charge in [-0.1, -0.05) is 12.1 Å². The molecule has 2 aromatic rings. The Morgan fingerprint density at radius 3 is 3.00 bits per heavy atom. The fourth-order valence-corrected chi connectivity index (χ4v) is 1.58. The fourth-order valence-electron chi connectivity index (χ4n) is 1.58. The molecule has 0 radical (unpaired) electrons. The van der Waals surface area contributed by atoms with Crippen molar-refractivity contribution in [2.24, 2.45) is 0 Å². The summed E-state index contributed by atoms with van der Waals surface area (Å²) >= 11 is 0. The summed E-state index contributed by atoms with van der Waals surface area (Å²) in [6.07, 6.45) is 4.01. The van der Waals surface area contributed by atoms with Gasteiger partial charge in [-0.15, -0.1) is 0 Å². The monoisotopic (exact) mass is 230 g/mol. The predicted molar refractivity (Wildman–Crippen MR) is 67.0 cm³/mol. The number of para-hydroxylation sites is 1. The maximum Gasteiger partial charge on any atom is 0.192 e. The molecule has 2 rings (SSSR count). The summed E-state index contributed by atoms with van der Waals surface area (Å²) in [7, 11) is 0. The van der Waals surface area contributed by atoms with Gasteiger partial charge in [-0.05, 0) is 25.1 Å². The number of hydrogen-bond acceptors (Lipinski definition) is 3. The van der Waals surface area contributed by atoms with Crippen molar-refractivity contribution in [2.45, 2.75) is 13.3 Å². The van der Waals surface area contributed by atoms with E-state index >= 15 is 0 Å². The van der Waals surface area contributed by atoms with Gasteiger partial charge in [0.15, 0.2) is 5.43 Å². The normalized spacial score (nSPS) is 11.1. The second kappa shape index (κ2) is 5.34. The first kappa shape index (κ1) is 11.5. The first-order valence-corrected chi connectivity index (χ1v) is 5.59. The summed E-state index contributed by atoms with van der Waals surface area (Å²) < 4.78 is 10.7. The number of rotatable bonds is 4. The van der Waals surface area contributed by atoms with Crippen molar-refractivity contribution < 1.29 is 9.15 Å². The lowest BCUT2D eigenvalue weighted by molar-refractivity contribution is 0.268. The molecule has 0 spiro atoms. The molecule has 17 heavy (non-hydrogen) atoms. The molecule has 0 saturated carbocycles. The quantitative estimate of drug-likeness (QED) is 0.758. The molecular weight excluding hydrogens is 216 g/mol. The fraction of sp³-hybridized carbons (Fsp3) is 0.214. The molecule has 0 bridgehead atoms. The summed E-state index contributed by atoms with van der Waals surface area (Å²) in [5.74, 6) is 0.643. The molecule has 3 heteroatoms. The summed E-state index contributed by atoms with van der Waals surface area (Å²) in [6, 6.07) is 8.77. The van der Waals surface area contributed by atoms with E-state index in [1.165, 1.54) is 6.07 Å². The average Bonchev–Trinajstić information content (AvgIpc) is 2.35. The van der Waals surface area contributed by atoms with E-state index in [1.54, 1.807) is 18.4 Å². The Balaban J connectivity index is 2.28. The molecule has 1 aromatic carbocycles. The smallest absolute Gasteiger partial charge is 0.192 e. The molecule has 0 amide bonds. The van der Waals surface area contributed by atoms with Crippen LogP contribution in [0.5, 0.6) is 0 Å². The summed E-state index contributed by atoms with van der Waals surface area (Å²) in [4.78, 5) is 11.8. The Hall–Kier alpha value is -2.03. The minimum Gasteiger partial charge on any atom is -0.502 e. The van der Waals surface area contributed by atoms with Crippen LogP contribution in [0.2, 0.25) is 0 Å². The molecule has 0 aliphatic rings. The Morgan fingerprint density at radius 2 is 2.18 bits per heavy atom. The Bertz CT molecular complexity index is 581. The average molecular weight is 230 g/mol. The molecule has 3 nitrogen and oxygen atoms in total. The molecule has 1 heterocycles. The number of hydrogen-bond donors (Lipinski definition) is 0. The lowest BCUT2D eigenvalue weighted by atomic mass is 10.2. The largest absolute Gasteiger partial charge is 0.502 e. The first-order valence-electron chi connectivity index (χ1n) is 5.59. The maximum atomic E-state index is 11.8. The van der Waals surface area contributed by atoms with Crippen molar-refractivity contribution in [3.63, 3.8) is 0 Å². The van der Waals surface area contributed by atoms with E-state index in [9.17, 15) is 4.79 Å². The van der Waals surface area contributed by atoms with Gasteiger partial charge in [0, 0.05) is 12.5 Å². The van der Waals surface area contributed by atoms with E-state index in [-0.39, 0.29) is 5.43 Å². The lowest BCUT2D eigenvalue weighted by Crippen LogP contribution is -2.01. The van der Waals surface area contributed by atoms with Crippen molar-refractivity contribution in [1.82, 2.24) is 0 Å². The van der Waals surface area contributed by atoms with Gasteiger partial charge in [0.05, 0.1) is 18.3 Å². The van der Waals surface area contributed by atoms with Gasteiger partial charge >= 0.3 is 0 Å². The van der Waals surface area contributed by atoms with Crippen molar-refractivity contribution in [3.05, 3.63) is 58.7 Å². The molecule has 0 N–H and O–H groups in total. The van der Waals surface area contributed by atoms with Crippen LogP contribution in [0, 0.1) is 0 Å². The van der Waals surface area contributed by atoms with Crippen LogP contribution in [0.25, 0.3) is 11.0 Å². The number of benzene rings is 1. The van der Waals surface area contributed by atoms with E-state index in [1.807, 2.05) is 25.1 Å². The molecule has 0 atom stereocenters. The maximum absolute atomic E-state index is 11.8. The van der Waals surface area contributed by atoms with Crippen molar-refractivity contribution in [1.29, 1.82) is 0 Å². The zero-order valence-electron chi connectivity index (χ0n) is 9.68. The van der Waals surface area contributed by atoms with Crippen LogP contribution in [0.3, 0.4) is 0 Å². The zero-order valence-corrected chi connectivity index (χ0v) is 9.68. The van der Waals surface area contributed by atoms with Crippen LogP contribution in [-0.4, -0.2) is 6.61 Å². The molecule has 0 aliphatic heterocycles. The Kier molecular flexibility index (Phi) is 3.60. The van der Waals surface area contributed by atoms with Crippen molar-refractivity contribution >= 4 is 11.0 Å². The van der Waals surface area contributed by atoms with Crippen LogP contribution in [0.4, 0.5) is 0 Å². The molecule has 0 unspecified atom stereocenters. The second-order valence-electron chi connectivity index (χ2n) is 3.60. The van der Waals surface area contributed by atoms with Crippen LogP contribution >= 0.6 is 0 Å². The Morgan fingerprint density at radius 1 is 1.35 bits per heavy atom. The van der Waals surface area contributed by atoms with E-state index in [0.717, 1.165) is 0 Å². The minimum atomic E-state index is -0.00772. The van der Waals surface area contributed by atoms with Gasteiger partial charge in [-0.3, -0.25) is 4.79 Å². The van der Waals surface area contributed by atoms with E-state index in [4.69, 9.17) is 9.15 Å². The van der Waals surface area contributed by atoms with Crippen molar-refractivity contribution in [2.75, 3.05) is 6.61 Å². The summed E-state index contributed by atoms with van der Waals surface area (Å²) in [5, 5.41) is 0.616. The number of ether oxygens (including phenoxy) is 1. The van der Waals surface area contributed by atoms with Crippen LogP contribution in [-0.2, 0) is 11.2 Å². The topological polar surface area (TPSA) is 39.4 Å². The third-order valence-corrected chi connectivity index (χ3v) is 2.36. The summed E-state index contributed by atoms with van der Waals surface area (Å²) in [5.41, 5.74) is 0.617. The second-order valence-corrected chi connectivity index (χ2v) is 3.60. The highest BCUT2D eigenvalue weighted by Crippen LogP contribution is 2.12. The third kappa shape index (κ3) is 2.75. The van der Waals surface area contributed by atoms with E-state index < -0.39 is 0 Å². The molecule has 0 fully saturated rings. The predicted octanol–water partition coefficient (Wildman–Crippen LogP) is 2.89. The lowest BCUT2D eigenvalue weighted by Gasteiger charge is -2.00. The van der Waals surface area contributed by atoms with Crippen LogP contribution < -0.4 is 5.43 Å². The standard InChI is InChI=1S/C14H14O3/c1-2-16-9-5-6-11-10-13(15)12-7-3-4-8-14(12)17-11/h3-5,7-10H,2,6H2,1H3. The molecule has 0 aliphatic carbocycles. The molecule has 1 aromatic heterocycles. The molecule has 88 valence electrons. The van der Waals surface area contributed by atoms with Gasteiger partial charge in [0.2, 0.25) is 0 Å². The van der Waals surface area contributed by atoms with E-state index in [0.29, 0.717) is 29.8 Å². The highest BCUT2D eigenvalue weighted by molar-refractivity contribution is 5.76. The first-order chi connectivity index (χ1) is 8.31. The van der Waals surface area contributed by atoms with Gasteiger partial charge in [-0.25, -0.2) is 0 Å². The van der Waals surface area contributed by atoms with Crippen molar-refractivity contribution in [3.8, 4) is 0 Å². The highest BCUT2D eigenvalue weighted by atomic mass is 16.5. The molecule has 0 saturated heterocycles. The van der Waals surface area contributed by atoms with Gasteiger partial charge < -0.3 is 9.15 Å². The minimum absolute atomic E-state index is 0.00772. The summed E-state index contributed by atoms with van der Waals surface area (Å²) in [6.45, 7) is 2.55. The Labute approximate surface area is 99.3 Å². The highest BCUT2D eigenvalue weighted by Gasteiger charge is 2.02. The number of allylic oxidation sites excluding steroid dienone is 1. The van der Waals surface area contributed by atoms with Gasteiger partial charge in [0.25, 0.3) is 0 Å².